The van der Waals surface area contributed by atoms with E-state index in [0.29, 0.717) is 0 Å². The summed E-state index contributed by atoms with van der Waals surface area (Å²) in [5, 5.41) is 4.85. The summed E-state index contributed by atoms with van der Waals surface area (Å²) in [6, 6.07) is 53.2. The topological polar surface area (TPSA) is 12.4 Å². The molecule has 51 heavy (non-hydrogen) atoms. The Morgan fingerprint density at radius 3 is 1.96 bits per heavy atom. The molecular weight excluding hydrogens is 615 g/mol. The fourth-order valence-corrected chi connectivity index (χ4v) is 8.56. The second kappa shape index (κ2) is 12.2. The van der Waals surface area contributed by atoms with Crippen molar-refractivity contribution in [1.82, 2.24) is 0 Å². The molecule has 0 bridgehead atoms. The molecule has 1 unspecified atom stereocenters. The van der Waals surface area contributed by atoms with E-state index < -0.39 is 5.54 Å². The highest BCUT2D eigenvalue weighted by atomic mass is 15.1. The van der Waals surface area contributed by atoms with E-state index in [1.807, 2.05) is 0 Å². The van der Waals surface area contributed by atoms with Gasteiger partial charge in [-0.1, -0.05) is 172 Å². The molecule has 0 spiro atoms. The van der Waals surface area contributed by atoms with Crippen LogP contribution in [0.15, 0.2) is 174 Å². The molecule has 1 aliphatic heterocycles. The van der Waals surface area contributed by atoms with Gasteiger partial charge in [-0.05, 0) is 108 Å². The maximum Gasteiger partial charge on any atom is 0.153 e. The van der Waals surface area contributed by atoms with Crippen molar-refractivity contribution in [1.29, 1.82) is 0 Å². The zero-order chi connectivity index (χ0) is 34.6. The smallest absolute Gasteiger partial charge is 0.153 e. The second-order valence-corrected chi connectivity index (χ2v) is 14.7. The molecule has 246 valence electrons. The van der Waals surface area contributed by atoms with Crippen molar-refractivity contribution in [3.63, 3.8) is 0 Å². The number of aliphatic imine (C=N–C) groups is 1. The van der Waals surface area contributed by atoms with E-state index >= 15 is 0 Å². The van der Waals surface area contributed by atoms with Gasteiger partial charge in [0.1, 0.15) is 0 Å². The highest BCUT2D eigenvalue weighted by Crippen LogP contribution is 2.50. The van der Waals surface area contributed by atoms with Crippen LogP contribution in [0.1, 0.15) is 48.9 Å². The van der Waals surface area contributed by atoms with Gasteiger partial charge in [0.2, 0.25) is 0 Å². The van der Waals surface area contributed by atoms with E-state index in [1.54, 1.807) is 0 Å². The van der Waals surface area contributed by atoms with Gasteiger partial charge in [-0.3, -0.25) is 4.99 Å². The minimum Gasteiger partial charge on any atom is -0.263 e. The Morgan fingerprint density at radius 1 is 0.569 bits per heavy atom. The molecule has 0 fully saturated rings. The van der Waals surface area contributed by atoms with Gasteiger partial charge < -0.3 is 0 Å². The van der Waals surface area contributed by atoms with E-state index in [0.717, 1.165) is 30.2 Å². The van der Waals surface area contributed by atoms with Crippen molar-refractivity contribution < 1.29 is 0 Å². The number of hydrogen-bond donors (Lipinski definition) is 0. The van der Waals surface area contributed by atoms with E-state index in [2.05, 4.69) is 184 Å². The van der Waals surface area contributed by atoms with Gasteiger partial charge in [-0.2, -0.15) is 0 Å². The first-order valence-electron chi connectivity index (χ1n) is 18.2. The largest absolute Gasteiger partial charge is 0.263 e. The molecule has 6 aromatic rings. The first-order valence-corrected chi connectivity index (χ1v) is 18.2. The van der Waals surface area contributed by atoms with Crippen molar-refractivity contribution in [2.45, 2.75) is 44.1 Å². The van der Waals surface area contributed by atoms with Crippen LogP contribution in [-0.4, -0.2) is 5.71 Å². The van der Waals surface area contributed by atoms with E-state index in [9.17, 15) is 0 Å². The molecular formula is C50H41N. The lowest BCUT2D eigenvalue weighted by Gasteiger charge is -2.22. The SMILES string of the molecule is C=c1cccc/c1=c1\cccc\c1=C1\Cc2cc(-c3cccc(-c4cccc(C5(C6=CCCC=C6)N=C5c5ccccc5)c4)c3)ccc2C1(C)C. The Balaban J connectivity index is 1.09. The molecule has 0 radical (unpaired) electrons. The van der Waals surface area contributed by atoms with Crippen molar-refractivity contribution in [3.8, 4) is 22.3 Å². The maximum atomic E-state index is 5.24. The zero-order valence-corrected chi connectivity index (χ0v) is 29.4. The average Bonchev–Trinajstić information content (AvgIpc) is 3.89. The zero-order valence-electron chi connectivity index (χ0n) is 29.4. The summed E-state index contributed by atoms with van der Waals surface area (Å²) in [7, 11) is 0. The molecule has 0 saturated heterocycles. The van der Waals surface area contributed by atoms with Gasteiger partial charge in [0.25, 0.3) is 0 Å². The molecule has 1 atom stereocenters. The van der Waals surface area contributed by atoms with E-state index in [-0.39, 0.29) is 5.41 Å². The monoisotopic (exact) mass is 655 g/mol. The number of allylic oxidation sites excluding steroid dienone is 2. The molecule has 1 heteroatoms. The lowest BCUT2D eigenvalue weighted by molar-refractivity contribution is 0.701. The Morgan fingerprint density at radius 2 is 1.22 bits per heavy atom. The van der Waals surface area contributed by atoms with Crippen LogP contribution in [0.3, 0.4) is 0 Å². The third-order valence-corrected chi connectivity index (χ3v) is 11.3. The molecule has 0 N–H and O–H groups in total. The summed E-state index contributed by atoms with van der Waals surface area (Å²) < 4.78 is 0. The Kier molecular flexibility index (Phi) is 7.47. The summed E-state index contributed by atoms with van der Waals surface area (Å²) in [6.45, 7) is 9.12. The van der Waals surface area contributed by atoms with Gasteiger partial charge in [-0.25, -0.2) is 0 Å². The Labute approximate surface area is 300 Å². The summed E-state index contributed by atoms with van der Waals surface area (Å²) in [4.78, 5) is 5.24. The summed E-state index contributed by atoms with van der Waals surface area (Å²) in [6.07, 6.45) is 10.0. The molecule has 6 aromatic carbocycles. The normalized spacial score (nSPS) is 20.4. The minimum atomic E-state index is -0.415. The third-order valence-electron chi connectivity index (χ3n) is 11.3. The highest BCUT2D eigenvalue weighted by Gasteiger charge is 2.51. The molecule has 2 aliphatic carbocycles. The molecule has 0 aromatic heterocycles. The first kappa shape index (κ1) is 31.2. The Bertz CT molecular complexity index is 2650. The number of nitrogens with zero attached hydrogens (tertiary/aromatic N) is 1. The quantitative estimate of drug-likeness (QED) is 0.175. The van der Waals surface area contributed by atoms with Gasteiger partial charge >= 0.3 is 0 Å². The number of benzene rings is 6. The Hall–Kier alpha value is -5.79. The number of rotatable bonds is 5. The molecule has 3 aliphatic rings. The fraction of sp³-hybridized carbons (Fsp3) is 0.140. The second-order valence-electron chi connectivity index (χ2n) is 14.7. The molecule has 1 heterocycles. The van der Waals surface area contributed by atoms with E-state index in [4.69, 9.17) is 4.99 Å². The highest BCUT2D eigenvalue weighted by molar-refractivity contribution is 6.20. The predicted molar refractivity (Wildman–Crippen MR) is 214 cm³/mol. The van der Waals surface area contributed by atoms with Crippen molar-refractivity contribution in [2.24, 2.45) is 4.99 Å². The van der Waals surface area contributed by atoms with Gasteiger partial charge in [0, 0.05) is 5.41 Å². The van der Waals surface area contributed by atoms with Gasteiger partial charge in [-0.15, -0.1) is 0 Å². The fourth-order valence-electron chi connectivity index (χ4n) is 8.56. The number of hydrogen-bond acceptors (Lipinski definition) is 1. The molecule has 1 nitrogen and oxygen atoms in total. The van der Waals surface area contributed by atoms with E-state index in [1.165, 1.54) is 71.3 Å². The molecule has 0 saturated carbocycles. The first-order chi connectivity index (χ1) is 24.9. The van der Waals surface area contributed by atoms with Crippen LogP contribution in [0.25, 0.3) is 34.4 Å². The lowest BCUT2D eigenvalue weighted by Crippen LogP contribution is -2.23. The van der Waals surface area contributed by atoms with Crippen molar-refractivity contribution in [2.75, 3.05) is 0 Å². The van der Waals surface area contributed by atoms with Crippen molar-refractivity contribution in [3.05, 3.63) is 213 Å². The van der Waals surface area contributed by atoms with Crippen LogP contribution in [-0.2, 0) is 17.4 Å². The summed E-state index contributed by atoms with van der Waals surface area (Å²) in [5.41, 5.74) is 13.6. The summed E-state index contributed by atoms with van der Waals surface area (Å²) >= 11 is 0. The maximum absolute atomic E-state index is 5.24. The van der Waals surface area contributed by atoms with Crippen molar-refractivity contribution >= 4 is 17.9 Å². The van der Waals surface area contributed by atoms with Gasteiger partial charge in [0.05, 0.1) is 5.71 Å². The van der Waals surface area contributed by atoms with Crippen LogP contribution in [0, 0.1) is 10.4 Å². The predicted octanol–water partition coefficient (Wildman–Crippen LogP) is 10.4. The van der Waals surface area contributed by atoms with Crippen LogP contribution >= 0.6 is 0 Å². The van der Waals surface area contributed by atoms with Crippen LogP contribution < -0.4 is 10.4 Å². The molecule has 0 amide bonds. The third kappa shape index (κ3) is 5.27. The minimum absolute atomic E-state index is 0.0786. The lowest BCUT2D eigenvalue weighted by atomic mass is 9.80. The van der Waals surface area contributed by atoms with Crippen LogP contribution in [0.2, 0.25) is 0 Å². The number of fused-ring (bicyclic) bond motifs is 1. The standard InChI is InChI=1S/C50H41N/c1-34-16-10-11-25-43(34)44-26-12-13-27-45(44)47-33-40-31-39(28-29-46(40)49(47,2)3)37-20-14-19-36(30-37)38-21-15-24-42(32-38)50(41-22-8-5-9-23-41)48(51-50)35-17-6-4-7-18-35/h4,6-8,10-32H,1,5,9,33H2,2-3H3/b44-43-,47-45+. The summed E-state index contributed by atoms with van der Waals surface area (Å²) in [5.74, 6) is 0. The van der Waals surface area contributed by atoms with Gasteiger partial charge in [0.15, 0.2) is 5.54 Å². The van der Waals surface area contributed by atoms with Crippen LogP contribution in [0.4, 0.5) is 0 Å². The molecule has 9 rings (SSSR count). The average molecular weight is 656 g/mol. The van der Waals surface area contributed by atoms with Crippen LogP contribution in [0.5, 0.6) is 0 Å².